The first kappa shape index (κ1) is 30.5. The van der Waals surface area contributed by atoms with Crippen molar-refractivity contribution in [3.8, 4) is 17.6 Å². The van der Waals surface area contributed by atoms with Crippen LogP contribution < -0.4 is 20.1 Å². The van der Waals surface area contributed by atoms with Crippen LogP contribution in [0.2, 0.25) is 5.02 Å². The highest BCUT2D eigenvalue weighted by molar-refractivity contribution is 6.32. The number of aliphatic imine (C=N–C) groups is 1. The highest BCUT2D eigenvalue weighted by Gasteiger charge is 2.30. The van der Waals surface area contributed by atoms with Crippen LogP contribution in [0, 0.1) is 23.2 Å². The molecule has 0 amide bonds. The van der Waals surface area contributed by atoms with E-state index >= 15 is 0 Å². The van der Waals surface area contributed by atoms with E-state index in [1.165, 1.54) is 38.8 Å². The minimum atomic E-state index is -0.392. The van der Waals surface area contributed by atoms with E-state index in [4.69, 9.17) is 37.7 Å². The van der Waals surface area contributed by atoms with Gasteiger partial charge in [0.25, 0.3) is 0 Å². The molecule has 1 atom stereocenters. The molecule has 0 saturated carbocycles. The maximum absolute atomic E-state index is 9.70. The SMILES string of the molecule is CC(C)(c1ccc(OCC2C=CNC(N3CCC(C4CCNCC4)CC3)=N2)cc1)c1cc(Cl)c(OCCCl)c(C#N)c1. The van der Waals surface area contributed by atoms with E-state index in [2.05, 4.69) is 53.7 Å². The average Bonchev–Trinajstić information content (AvgIpc) is 3.03. The highest BCUT2D eigenvalue weighted by atomic mass is 35.5. The number of likely N-dealkylation sites (tertiary alicyclic amines) is 1. The van der Waals surface area contributed by atoms with Gasteiger partial charge in [-0.3, -0.25) is 0 Å². The molecule has 1 unspecified atom stereocenters. The fraction of sp³-hybridized carbons (Fsp3) is 0.515. The number of piperidine rings is 2. The number of ether oxygens (including phenoxy) is 2. The number of nitrogens with zero attached hydrogens (tertiary/aromatic N) is 3. The molecular formula is C33H41Cl2N5O2. The second-order valence-corrected chi connectivity index (χ2v) is 12.7. The fourth-order valence-electron chi connectivity index (χ4n) is 6.28. The van der Waals surface area contributed by atoms with E-state index < -0.39 is 5.41 Å². The van der Waals surface area contributed by atoms with Gasteiger partial charge in [-0.05, 0) is 92.1 Å². The largest absolute Gasteiger partial charge is 0.491 e. The molecule has 0 aromatic heterocycles. The Kier molecular flexibility index (Phi) is 10.2. The van der Waals surface area contributed by atoms with Gasteiger partial charge >= 0.3 is 0 Å². The summed E-state index contributed by atoms with van der Waals surface area (Å²) in [4.78, 5) is 7.35. The van der Waals surface area contributed by atoms with Crippen molar-refractivity contribution in [1.29, 1.82) is 5.26 Å². The number of halogens is 2. The van der Waals surface area contributed by atoms with Gasteiger partial charge in [-0.1, -0.05) is 37.6 Å². The molecule has 0 bridgehead atoms. The molecule has 42 heavy (non-hydrogen) atoms. The monoisotopic (exact) mass is 609 g/mol. The maximum atomic E-state index is 9.70. The Labute approximate surface area is 259 Å². The molecule has 9 heteroatoms. The number of nitriles is 1. The van der Waals surface area contributed by atoms with E-state index in [0.717, 1.165) is 47.8 Å². The Balaban J connectivity index is 1.17. The van der Waals surface area contributed by atoms with Gasteiger partial charge < -0.3 is 25.0 Å². The first-order valence-corrected chi connectivity index (χ1v) is 15.9. The summed E-state index contributed by atoms with van der Waals surface area (Å²) in [6.07, 6.45) is 9.18. The summed E-state index contributed by atoms with van der Waals surface area (Å²) in [6.45, 7) is 9.44. The first-order valence-electron chi connectivity index (χ1n) is 15.0. The Morgan fingerprint density at radius 1 is 1.02 bits per heavy atom. The third-order valence-electron chi connectivity index (χ3n) is 8.91. The average molecular weight is 611 g/mol. The summed E-state index contributed by atoms with van der Waals surface area (Å²) < 4.78 is 11.8. The molecule has 2 saturated heterocycles. The zero-order valence-corrected chi connectivity index (χ0v) is 26.1. The topological polar surface area (TPSA) is 81.9 Å². The molecule has 7 nitrogen and oxygen atoms in total. The predicted molar refractivity (Wildman–Crippen MR) is 170 cm³/mol. The summed E-state index contributed by atoms with van der Waals surface area (Å²) in [6, 6.07) is 14.0. The quantitative estimate of drug-likeness (QED) is 0.335. The summed E-state index contributed by atoms with van der Waals surface area (Å²) >= 11 is 12.3. The number of rotatable bonds is 9. The third-order valence-corrected chi connectivity index (χ3v) is 9.35. The zero-order chi connectivity index (χ0) is 29.5. The van der Waals surface area contributed by atoms with Crippen LogP contribution in [0.1, 0.15) is 56.2 Å². The number of guanidine groups is 1. The predicted octanol–water partition coefficient (Wildman–Crippen LogP) is 6.09. The molecule has 2 aromatic rings. The number of benzene rings is 2. The minimum Gasteiger partial charge on any atom is -0.491 e. The minimum absolute atomic E-state index is 0.0365. The summed E-state index contributed by atoms with van der Waals surface area (Å²) in [5.74, 6) is 4.17. The number of hydrogen-bond donors (Lipinski definition) is 2. The van der Waals surface area contributed by atoms with Crippen LogP contribution in [0.15, 0.2) is 53.7 Å². The van der Waals surface area contributed by atoms with E-state index in [1.807, 2.05) is 30.5 Å². The number of nitrogens with one attached hydrogen (secondary N) is 2. The molecule has 0 aliphatic carbocycles. The molecule has 0 spiro atoms. The van der Waals surface area contributed by atoms with Gasteiger partial charge in [0.2, 0.25) is 0 Å². The Bertz CT molecular complexity index is 1310. The second kappa shape index (κ2) is 14.0. The van der Waals surface area contributed by atoms with Crippen LogP contribution in [0.4, 0.5) is 0 Å². The van der Waals surface area contributed by atoms with Crippen molar-refractivity contribution in [2.24, 2.45) is 16.8 Å². The molecule has 224 valence electrons. The van der Waals surface area contributed by atoms with E-state index in [-0.39, 0.29) is 12.6 Å². The first-order chi connectivity index (χ1) is 20.4. The number of hydrogen-bond acceptors (Lipinski definition) is 7. The van der Waals surface area contributed by atoms with Crippen LogP contribution in [0.25, 0.3) is 0 Å². The van der Waals surface area contributed by atoms with Crippen molar-refractivity contribution in [3.05, 3.63) is 70.4 Å². The van der Waals surface area contributed by atoms with Gasteiger partial charge in [-0.15, -0.1) is 11.6 Å². The molecule has 3 heterocycles. The lowest BCUT2D eigenvalue weighted by atomic mass is 9.77. The van der Waals surface area contributed by atoms with E-state index in [0.29, 0.717) is 28.8 Å². The van der Waals surface area contributed by atoms with Crippen molar-refractivity contribution in [1.82, 2.24) is 15.5 Å². The fourth-order valence-corrected chi connectivity index (χ4v) is 6.63. The Morgan fingerprint density at radius 3 is 2.43 bits per heavy atom. The van der Waals surface area contributed by atoms with Gasteiger partial charge in [0.05, 0.1) is 16.5 Å². The molecule has 3 aliphatic rings. The Morgan fingerprint density at radius 2 is 1.74 bits per heavy atom. The van der Waals surface area contributed by atoms with Crippen molar-refractivity contribution in [2.75, 3.05) is 45.3 Å². The smallest absolute Gasteiger partial charge is 0.198 e. The van der Waals surface area contributed by atoms with Crippen LogP contribution in [0.3, 0.4) is 0 Å². The summed E-state index contributed by atoms with van der Waals surface area (Å²) in [5, 5.41) is 17.0. The van der Waals surface area contributed by atoms with Crippen molar-refractivity contribution < 1.29 is 9.47 Å². The third kappa shape index (κ3) is 7.16. The molecular weight excluding hydrogens is 569 g/mol. The van der Waals surface area contributed by atoms with Crippen LogP contribution >= 0.6 is 23.2 Å². The molecule has 5 rings (SSSR count). The maximum Gasteiger partial charge on any atom is 0.198 e. The van der Waals surface area contributed by atoms with Crippen LogP contribution in [-0.2, 0) is 5.41 Å². The summed E-state index contributed by atoms with van der Waals surface area (Å²) in [5.41, 5.74) is 2.02. The molecule has 2 fully saturated rings. The highest BCUT2D eigenvalue weighted by Crippen LogP contribution is 2.38. The van der Waals surface area contributed by atoms with E-state index in [9.17, 15) is 5.26 Å². The Hall–Kier alpha value is -2.92. The van der Waals surface area contributed by atoms with E-state index in [1.54, 1.807) is 0 Å². The zero-order valence-electron chi connectivity index (χ0n) is 24.5. The molecule has 2 N–H and O–H groups in total. The molecule has 2 aromatic carbocycles. The van der Waals surface area contributed by atoms with Crippen molar-refractivity contribution >= 4 is 29.2 Å². The van der Waals surface area contributed by atoms with Gasteiger partial charge in [-0.25, -0.2) is 4.99 Å². The lowest BCUT2D eigenvalue weighted by molar-refractivity contribution is 0.169. The van der Waals surface area contributed by atoms with Gasteiger partial charge in [0, 0.05) is 24.7 Å². The molecule has 0 radical (unpaired) electrons. The number of alkyl halides is 1. The second-order valence-electron chi connectivity index (χ2n) is 11.9. The van der Waals surface area contributed by atoms with Crippen molar-refractivity contribution in [2.45, 2.75) is 51.0 Å². The lowest BCUT2D eigenvalue weighted by Gasteiger charge is -2.39. The van der Waals surface area contributed by atoms with Crippen molar-refractivity contribution in [3.63, 3.8) is 0 Å². The van der Waals surface area contributed by atoms with Gasteiger partial charge in [0.15, 0.2) is 11.7 Å². The summed E-state index contributed by atoms with van der Waals surface area (Å²) in [7, 11) is 0. The van der Waals surface area contributed by atoms with Gasteiger partial charge in [-0.2, -0.15) is 5.26 Å². The lowest BCUT2D eigenvalue weighted by Crippen LogP contribution is -2.47. The van der Waals surface area contributed by atoms with Gasteiger partial charge in [0.1, 0.15) is 31.1 Å². The molecule has 3 aliphatic heterocycles. The van der Waals surface area contributed by atoms with Crippen LogP contribution in [0.5, 0.6) is 11.5 Å². The van der Waals surface area contributed by atoms with Crippen LogP contribution in [-0.4, -0.2) is 62.2 Å². The standard InChI is InChI=1S/C33H41Cl2N5O2/c1-33(2,27-19-25(21-36)31(30(35)20-27)41-18-12-34)26-3-5-29(6-4-26)42-22-28-9-15-38-32(39-28)40-16-10-24(11-17-40)23-7-13-37-14-8-23/h3-6,9,15,19-20,23-24,28,37H,7-8,10-14,16-18,22H2,1-2H3,(H,38,39). The normalized spacial score (nSPS) is 20.0.